The van der Waals surface area contributed by atoms with Gasteiger partial charge in [0.1, 0.15) is 12.3 Å². The Morgan fingerprint density at radius 3 is 2.59 bits per heavy atom. The third-order valence-electron chi connectivity index (χ3n) is 4.79. The van der Waals surface area contributed by atoms with Gasteiger partial charge in [-0.05, 0) is 24.1 Å². The van der Waals surface area contributed by atoms with Crippen LogP contribution >= 0.6 is 0 Å². The van der Waals surface area contributed by atoms with Crippen LogP contribution < -0.4 is 10.1 Å². The van der Waals surface area contributed by atoms with Crippen LogP contribution in [0.25, 0.3) is 0 Å². The number of esters is 1. The van der Waals surface area contributed by atoms with Gasteiger partial charge in [-0.1, -0.05) is 36.4 Å². The summed E-state index contributed by atoms with van der Waals surface area (Å²) in [5, 5.41) is 3.15. The molecule has 3 rings (SSSR count). The topological polar surface area (TPSA) is 84.9 Å². The van der Waals surface area contributed by atoms with E-state index in [1.165, 1.54) is 4.90 Å². The highest BCUT2D eigenvalue weighted by atomic mass is 16.5. The number of hydrogen-bond acceptors (Lipinski definition) is 6. The third kappa shape index (κ3) is 4.74. The van der Waals surface area contributed by atoms with Crippen LogP contribution in [-0.2, 0) is 25.7 Å². The first-order valence-electron chi connectivity index (χ1n) is 9.48. The molecule has 0 bridgehead atoms. The summed E-state index contributed by atoms with van der Waals surface area (Å²) in [5.41, 5.74) is 2.35. The number of amides is 1. The zero-order chi connectivity index (χ0) is 20.8. The molecule has 7 heteroatoms. The molecule has 1 amide bonds. The molecule has 29 heavy (non-hydrogen) atoms. The number of ether oxygens (including phenoxy) is 2. The van der Waals surface area contributed by atoms with E-state index < -0.39 is 23.6 Å². The summed E-state index contributed by atoms with van der Waals surface area (Å²) >= 11 is 0. The van der Waals surface area contributed by atoms with Gasteiger partial charge in [-0.15, -0.1) is 0 Å². The van der Waals surface area contributed by atoms with Crippen molar-refractivity contribution in [2.45, 2.75) is 19.4 Å². The molecule has 1 aliphatic heterocycles. The van der Waals surface area contributed by atoms with Crippen molar-refractivity contribution < 1.29 is 23.9 Å². The number of benzene rings is 2. The van der Waals surface area contributed by atoms with E-state index >= 15 is 0 Å². The van der Waals surface area contributed by atoms with Crippen molar-refractivity contribution in [2.75, 3.05) is 32.1 Å². The van der Waals surface area contributed by atoms with E-state index in [0.717, 1.165) is 16.8 Å². The van der Waals surface area contributed by atoms with Gasteiger partial charge in [0, 0.05) is 24.8 Å². The molecule has 0 spiro atoms. The van der Waals surface area contributed by atoms with E-state index in [9.17, 15) is 14.4 Å². The minimum absolute atomic E-state index is 0.153. The molecular weight excluding hydrogens is 372 g/mol. The lowest BCUT2D eigenvalue weighted by molar-refractivity contribution is -0.152. The van der Waals surface area contributed by atoms with Crippen molar-refractivity contribution in [2.24, 2.45) is 0 Å². The second kappa shape index (κ2) is 9.23. The highest BCUT2D eigenvalue weighted by Crippen LogP contribution is 2.35. The molecule has 2 aromatic rings. The molecule has 7 nitrogen and oxygen atoms in total. The summed E-state index contributed by atoms with van der Waals surface area (Å²) in [4.78, 5) is 39.3. The second-order valence-electron chi connectivity index (χ2n) is 6.70. The number of carbonyl (C=O) groups is 3. The molecule has 0 radical (unpaired) electrons. The molecule has 1 N–H and O–H groups in total. The maximum absolute atomic E-state index is 13.0. The highest BCUT2D eigenvalue weighted by molar-refractivity contribution is 6.38. The fourth-order valence-electron chi connectivity index (χ4n) is 3.35. The summed E-state index contributed by atoms with van der Waals surface area (Å²) in [7, 11) is 1.57. The van der Waals surface area contributed by atoms with Crippen molar-refractivity contribution in [3.05, 3.63) is 59.7 Å². The Balaban J connectivity index is 1.80. The lowest BCUT2D eigenvalue weighted by Crippen LogP contribution is -2.42. The van der Waals surface area contributed by atoms with E-state index in [-0.39, 0.29) is 19.7 Å². The standard InChI is InChI=1S/C22H24N2O5/c1-3-29-20(25)14-24(13-15-7-5-4-6-8-15)22(27)21(26)18-12-23-19-11-16(28-2)9-10-17(18)19/h4-11,18,23H,3,12-14H2,1-2H3. The number of methoxy groups -OCH3 is 1. The molecule has 1 heterocycles. The molecule has 0 saturated carbocycles. The molecule has 152 valence electrons. The Hall–Kier alpha value is -3.35. The molecule has 2 aromatic carbocycles. The monoisotopic (exact) mass is 396 g/mol. The summed E-state index contributed by atoms with van der Waals surface area (Å²) in [6.45, 7) is 2.11. The summed E-state index contributed by atoms with van der Waals surface area (Å²) in [6.07, 6.45) is 0. The van der Waals surface area contributed by atoms with Gasteiger partial charge >= 0.3 is 5.97 Å². The maximum atomic E-state index is 13.0. The molecule has 1 atom stereocenters. The van der Waals surface area contributed by atoms with Gasteiger partial charge in [0.05, 0.1) is 19.6 Å². The van der Waals surface area contributed by atoms with Crippen LogP contribution in [-0.4, -0.2) is 49.4 Å². The molecular formula is C22H24N2O5. The Kier molecular flexibility index (Phi) is 6.49. The Labute approximate surface area is 169 Å². The van der Waals surface area contributed by atoms with Gasteiger partial charge in [0.15, 0.2) is 0 Å². The molecule has 0 saturated heterocycles. The first kappa shape index (κ1) is 20.4. The van der Waals surface area contributed by atoms with Gasteiger partial charge in [0.2, 0.25) is 5.78 Å². The molecule has 1 aliphatic rings. The number of Topliss-reactive ketones (excluding diaryl/α,β-unsaturated/α-hetero) is 1. The first-order chi connectivity index (χ1) is 14.0. The summed E-state index contributed by atoms with van der Waals surface area (Å²) in [5.74, 6) is -1.73. The number of hydrogen-bond donors (Lipinski definition) is 1. The minimum Gasteiger partial charge on any atom is -0.497 e. The number of anilines is 1. The van der Waals surface area contributed by atoms with Crippen molar-refractivity contribution >= 4 is 23.3 Å². The Morgan fingerprint density at radius 1 is 1.14 bits per heavy atom. The van der Waals surface area contributed by atoms with Crippen molar-refractivity contribution in [1.82, 2.24) is 4.90 Å². The van der Waals surface area contributed by atoms with E-state index in [1.807, 2.05) is 30.3 Å². The Morgan fingerprint density at radius 2 is 1.90 bits per heavy atom. The number of carbonyl (C=O) groups excluding carboxylic acids is 3. The number of nitrogens with one attached hydrogen (secondary N) is 1. The summed E-state index contributed by atoms with van der Waals surface area (Å²) in [6, 6.07) is 14.6. The van der Waals surface area contributed by atoms with Gasteiger partial charge in [-0.2, -0.15) is 0 Å². The van der Waals surface area contributed by atoms with E-state index in [0.29, 0.717) is 12.3 Å². The molecule has 0 aromatic heterocycles. The van der Waals surface area contributed by atoms with Crippen LogP contribution in [0.15, 0.2) is 48.5 Å². The lowest BCUT2D eigenvalue weighted by atomic mass is 9.95. The average Bonchev–Trinajstić information content (AvgIpc) is 3.16. The fourth-order valence-corrected chi connectivity index (χ4v) is 3.35. The van der Waals surface area contributed by atoms with Crippen molar-refractivity contribution in [3.63, 3.8) is 0 Å². The van der Waals surface area contributed by atoms with Gasteiger partial charge in [-0.25, -0.2) is 0 Å². The molecule has 1 unspecified atom stereocenters. The normalized spacial score (nSPS) is 14.5. The lowest BCUT2D eigenvalue weighted by Gasteiger charge is -2.22. The predicted octanol–water partition coefficient (Wildman–Crippen LogP) is 2.37. The van der Waals surface area contributed by atoms with Crippen LogP contribution in [0.4, 0.5) is 5.69 Å². The van der Waals surface area contributed by atoms with E-state index in [4.69, 9.17) is 9.47 Å². The van der Waals surface area contributed by atoms with Gasteiger partial charge in [-0.3, -0.25) is 14.4 Å². The zero-order valence-corrected chi connectivity index (χ0v) is 16.5. The van der Waals surface area contributed by atoms with Crippen LogP contribution in [0.5, 0.6) is 5.75 Å². The number of rotatable bonds is 8. The van der Waals surface area contributed by atoms with E-state index in [2.05, 4.69) is 5.32 Å². The number of ketones is 1. The Bertz CT molecular complexity index is 897. The van der Waals surface area contributed by atoms with Crippen LogP contribution in [0, 0.1) is 0 Å². The van der Waals surface area contributed by atoms with E-state index in [1.54, 1.807) is 32.2 Å². The molecule has 0 fully saturated rings. The average molecular weight is 396 g/mol. The third-order valence-corrected chi connectivity index (χ3v) is 4.79. The smallest absolute Gasteiger partial charge is 0.325 e. The summed E-state index contributed by atoms with van der Waals surface area (Å²) < 4.78 is 10.2. The highest BCUT2D eigenvalue weighted by Gasteiger charge is 2.35. The molecule has 0 aliphatic carbocycles. The van der Waals surface area contributed by atoms with Crippen molar-refractivity contribution in [1.29, 1.82) is 0 Å². The SMILES string of the molecule is CCOC(=O)CN(Cc1ccccc1)C(=O)C(=O)C1CNc2cc(OC)ccc21. The predicted molar refractivity (Wildman–Crippen MR) is 108 cm³/mol. The fraction of sp³-hybridized carbons (Fsp3) is 0.318. The largest absolute Gasteiger partial charge is 0.497 e. The van der Waals surface area contributed by atoms with Crippen LogP contribution in [0.2, 0.25) is 0 Å². The number of fused-ring (bicyclic) bond motifs is 1. The van der Waals surface area contributed by atoms with Gasteiger partial charge in [0.25, 0.3) is 5.91 Å². The van der Waals surface area contributed by atoms with Gasteiger partial charge < -0.3 is 19.7 Å². The minimum atomic E-state index is -0.697. The second-order valence-corrected chi connectivity index (χ2v) is 6.70. The first-order valence-corrected chi connectivity index (χ1v) is 9.48. The number of nitrogens with zero attached hydrogens (tertiary/aromatic N) is 1. The quantitative estimate of drug-likeness (QED) is 0.545. The van der Waals surface area contributed by atoms with Crippen molar-refractivity contribution in [3.8, 4) is 5.75 Å². The van der Waals surface area contributed by atoms with Crippen LogP contribution in [0.1, 0.15) is 24.0 Å². The maximum Gasteiger partial charge on any atom is 0.325 e. The zero-order valence-electron chi connectivity index (χ0n) is 16.5. The van der Waals surface area contributed by atoms with Crippen LogP contribution in [0.3, 0.4) is 0 Å².